The largest absolute Gasteiger partial charge is 0.338 e. The number of nitrogens with zero attached hydrogens (tertiary/aromatic N) is 3. The number of fused-ring (bicyclic) bond motifs is 1. The van der Waals surface area contributed by atoms with Gasteiger partial charge in [-0.3, -0.25) is 15.1 Å². The third-order valence-corrected chi connectivity index (χ3v) is 3.12. The van der Waals surface area contributed by atoms with E-state index in [9.17, 15) is 10.1 Å². The van der Waals surface area contributed by atoms with E-state index in [1.165, 1.54) is 0 Å². The number of benzene rings is 1. The highest BCUT2D eigenvalue weighted by atomic mass is 16.6. The van der Waals surface area contributed by atoms with Gasteiger partial charge < -0.3 is 5.32 Å². The zero-order chi connectivity index (χ0) is 13.9. The van der Waals surface area contributed by atoms with Crippen LogP contribution in [0.1, 0.15) is 6.42 Å². The van der Waals surface area contributed by atoms with E-state index in [-0.39, 0.29) is 4.92 Å². The Kier molecular flexibility index (Phi) is 3.12. The lowest BCUT2D eigenvalue weighted by Crippen LogP contribution is -2.35. The molecule has 0 saturated carbocycles. The molecule has 1 aliphatic heterocycles. The number of hydrogen-bond donors (Lipinski definition) is 1. The van der Waals surface area contributed by atoms with E-state index >= 15 is 0 Å². The van der Waals surface area contributed by atoms with Gasteiger partial charge in [-0.1, -0.05) is 12.1 Å². The second-order valence-corrected chi connectivity index (χ2v) is 4.47. The Morgan fingerprint density at radius 3 is 3.10 bits per heavy atom. The van der Waals surface area contributed by atoms with Crippen molar-refractivity contribution in [3.63, 3.8) is 0 Å². The molecule has 6 nitrogen and oxygen atoms in total. The molecule has 1 aromatic heterocycles. The van der Waals surface area contributed by atoms with Crippen LogP contribution in [0.2, 0.25) is 0 Å². The zero-order valence-corrected chi connectivity index (χ0v) is 10.6. The average molecular weight is 268 g/mol. The van der Waals surface area contributed by atoms with E-state index < -0.39 is 6.04 Å². The number of hydrogen-bond acceptors (Lipinski definition) is 5. The third-order valence-electron chi connectivity index (χ3n) is 3.12. The van der Waals surface area contributed by atoms with Gasteiger partial charge in [-0.05, 0) is 24.3 Å². The summed E-state index contributed by atoms with van der Waals surface area (Å²) in [6, 6.07) is 8.60. The fraction of sp³-hybridized carbons (Fsp3) is 0.143. The smallest absolute Gasteiger partial charge is 0.273 e. The Hall–Kier alpha value is -2.76. The molecule has 1 unspecified atom stereocenters. The lowest BCUT2D eigenvalue weighted by Gasteiger charge is -2.15. The van der Waals surface area contributed by atoms with Crippen LogP contribution in [-0.2, 0) is 0 Å². The summed E-state index contributed by atoms with van der Waals surface area (Å²) in [5.41, 5.74) is 1.65. The number of pyridine rings is 1. The van der Waals surface area contributed by atoms with Gasteiger partial charge in [0.15, 0.2) is 5.84 Å². The number of aromatic nitrogens is 1. The van der Waals surface area contributed by atoms with Gasteiger partial charge in [-0.2, -0.15) is 0 Å². The lowest BCUT2D eigenvalue weighted by atomic mass is 10.1. The molecule has 3 rings (SSSR count). The minimum absolute atomic E-state index is 0.321. The van der Waals surface area contributed by atoms with Crippen LogP contribution in [0.4, 0.5) is 5.69 Å². The summed E-state index contributed by atoms with van der Waals surface area (Å²) >= 11 is 0. The highest BCUT2D eigenvalue weighted by molar-refractivity contribution is 6.00. The summed E-state index contributed by atoms with van der Waals surface area (Å²) in [5, 5.41) is 15.0. The van der Waals surface area contributed by atoms with Crippen LogP contribution in [0.3, 0.4) is 0 Å². The van der Waals surface area contributed by atoms with Gasteiger partial charge in [0, 0.05) is 34.8 Å². The number of rotatable bonds is 2. The third kappa shape index (κ3) is 2.35. The summed E-state index contributed by atoms with van der Waals surface area (Å²) in [5.74, 6) is 0.362. The first-order valence-electron chi connectivity index (χ1n) is 6.22. The summed E-state index contributed by atoms with van der Waals surface area (Å²) in [7, 11) is 0. The van der Waals surface area contributed by atoms with E-state index in [0.717, 1.165) is 16.6 Å². The van der Waals surface area contributed by atoms with Crippen LogP contribution >= 0.6 is 0 Å². The molecule has 0 amide bonds. The van der Waals surface area contributed by atoms with Crippen molar-refractivity contribution in [2.75, 3.05) is 5.32 Å². The molecule has 6 heteroatoms. The SMILES string of the molecule is O=[N+]([O-])C1CC=CN=C1Nc1ccc2ncccc2c1. The van der Waals surface area contributed by atoms with E-state index in [1.807, 2.05) is 30.3 Å². The number of nitrogens with one attached hydrogen (secondary N) is 1. The molecular formula is C14H12N4O2. The van der Waals surface area contributed by atoms with E-state index in [1.54, 1.807) is 18.5 Å². The first kappa shape index (κ1) is 12.3. The second-order valence-electron chi connectivity index (χ2n) is 4.47. The summed E-state index contributed by atoms with van der Waals surface area (Å²) in [4.78, 5) is 19.0. The molecular weight excluding hydrogens is 256 g/mol. The van der Waals surface area contributed by atoms with Crippen molar-refractivity contribution in [1.82, 2.24) is 4.98 Å². The fourth-order valence-electron chi connectivity index (χ4n) is 2.12. The topological polar surface area (TPSA) is 80.4 Å². The highest BCUT2D eigenvalue weighted by Gasteiger charge is 2.27. The van der Waals surface area contributed by atoms with Gasteiger partial charge in [-0.25, -0.2) is 4.99 Å². The van der Waals surface area contributed by atoms with Crippen molar-refractivity contribution < 1.29 is 4.92 Å². The fourth-order valence-corrected chi connectivity index (χ4v) is 2.12. The number of anilines is 1. The number of nitro groups is 1. The van der Waals surface area contributed by atoms with Gasteiger partial charge >= 0.3 is 0 Å². The molecule has 0 saturated heterocycles. The average Bonchev–Trinajstić information content (AvgIpc) is 2.47. The monoisotopic (exact) mass is 268 g/mol. The lowest BCUT2D eigenvalue weighted by molar-refractivity contribution is -0.502. The van der Waals surface area contributed by atoms with Gasteiger partial charge in [0.1, 0.15) is 0 Å². The van der Waals surface area contributed by atoms with Crippen molar-refractivity contribution in [3.8, 4) is 0 Å². The standard InChI is InChI=1S/C14H12N4O2/c19-18(20)13-4-2-8-16-14(13)17-11-5-6-12-10(9-11)3-1-7-15-12/h1-3,5-9,13H,4H2,(H,16,17). The first-order chi connectivity index (χ1) is 9.74. The molecule has 1 N–H and O–H groups in total. The van der Waals surface area contributed by atoms with Crippen molar-refractivity contribution in [2.45, 2.75) is 12.5 Å². The Balaban J connectivity index is 1.90. The zero-order valence-electron chi connectivity index (χ0n) is 10.6. The summed E-state index contributed by atoms with van der Waals surface area (Å²) in [6.45, 7) is 0. The molecule has 0 fully saturated rings. The highest BCUT2D eigenvalue weighted by Crippen LogP contribution is 2.18. The van der Waals surface area contributed by atoms with Gasteiger partial charge in [-0.15, -0.1) is 0 Å². The second kappa shape index (κ2) is 5.08. The van der Waals surface area contributed by atoms with Crippen LogP contribution in [0.15, 0.2) is 53.8 Å². The molecule has 100 valence electrons. The predicted octanol–water partition coefficient (Wildman–Crippen LogP) is 2.61. The van der Waals surface area contributed by atoms with Crippen molar-refractivity contribution in [1.29, 1.82) is 0 Å². The summed E-state index contributed by atoms with van der Waals surface area (Å²) < 4.78 is 0. The van der Waals surface area contributed by atoms with Crippen LogP contribution in [0.5, 0.6) is 0 Å². The molecule has 0 spiro atoms. The quantitative estimate of drug-likeness (QED) is 0.670. The molecule has 1 aliphatic rings. The van der Waals surface area contributed by atoms with Crippen molar-refractivity contribution in [3.05, 3.63) is 58.9 Å². The van der Waals surface area contributed by atoms with Crippen molar-refractivity contribution >= 4 is 22.4 Å². The Labute approximate surface area is 115 Å². The molecule has 1 aromatic carbocycles. The first-order valence-corrected chi connectivity index (χ1v) is 6.22. The maximum absolute atomic E-state index is 11.0. The molecule has 0 aliphatic carbocycles. The van der Waals surface area contributed by atoms with Crippen LogP contribution < -0.4 is 5.32 Å². The van der Waals surface area contributed by atoms with Crippen LogP contribution in [0.25, 0.3) is 10.9 Å². The molecule has 0 radical (unpaired) electrons. The number of aliphatic imine (C=N–C) groups is 1. The maximum atomic E-state index is 11.0. The van der Waals surface area contributed by atoms with E-state index in [0.29, 0.717) is 12.3 Å². The molecule has 0 bridgehead atoms. The normalized spacial score (nSPS) is 17.8. The molecule has 2 aromatic rings. The van der Waals surface area contributed by atoms with Crippen LogP contribution in [-0.4, -0.2) is 21.8 Å². The van der Waals surface area contributed by atoms with Gasteiger partial charge in [0.05, 0.1) is 5.52 Å². The Bertz CT molecular complexity index is 724. The predicted molar refractivity (Wildman–Crippen MR) is 77.3 cm³/mol. The minimum Gasteiger partial charge on any atom is -0.338 e. The van der Waals surface area contributed by atoms with Gasteiger partial charge in [0.2, 0.25) is 0 Å². The van der Waals surface area contributed by atoms with Gasteiger partial charge in [0.25, 0.3) is 6.04 Å². The Morgan fingerprint density at radius 1 is 1.35 bits per heavy atom. The van der Waals surface area contributed by atoms with Crippen molar-refractivity contribution in [2.24, 2.45) is 4.99 Å². The maximum Gasteiger partial charge on any atom is 0.273 e. The minimum atomic E-state index is -0.815. The Morgan fingerprint density at radius 2 is 2.25 bits per heavy atom. The molecule has 2 heterocycles. The van der Waals surface area contributed by atoms with E-state index in [2.05, 4.69) is 15.3 Å². The summed E-state index contributed by atoms with van der Waals surface area (Å²) in [6.07, 6.45) is 5.37. The van der Waals surface area contributed by atoms with Crippen LogP contribution in [0, 0.1) is 10.1 Å². The molecule has 1 atom stereocenters. The molecule has 20 heavy (non-hydrogen) atoms. The van der Waals surface area contributed by atoms with E-state index in [4.69, 9.17) is 0 Å². The number of amidine groups is 1.